The monoisotopic (exact) mass is 435 g/mol. The molecule has 0 radical (unpaired) electrons. The van der Waals surface area contributed by atoms with Crippen molar-refractivity contribution in [3.8, 4) is 0 Å². The Labute approximate surface area is 167 Å². The number of nitrogens with zero attached hydrogens (tertiary/aromatic N) is 1. The number of allylic oxidation sites excluding steroid dienone is 1. The van der Waals surface area contributed by atoms with Crippen LogP contribution in [-0.4, -0.2) is 15.3 Å². The molecule has 28 heavy (non-hydrogen) atoms. The molecule has 2 aromatic carbocycles. The van der Waals surface area contributed by atoms with Gasteiger partial charge in [-0.3, -0.25) is 19.1 Å². The fourth-order valence-electron chi connectivity index (χ4n) is 4.02. The Bertz CT molecular complexity index is 1320. The summed E-state index contributed by atoms with van der Waals surface area (Å²) in [5.41, 5.74) is 2.73. The first kappa shape index (κ1) is 16.9. The molecule has 1 aliphatic carbocycles. The molecule has 0 spiro atoms. The number of ketones is 1. The number of rotatable bonds is 1. The first-order chi connectivity index (χ1) is 13.5. The van der Waals surface area contributed by atoms with Crippen LogP contribution in [0.4, 0.5) is 5.82 Å². The summed E-state index contributed by atoms with van der Waals surface area (Å²) in [5, 5.41) is 3.20. The highest BCUT2D eigenvalue weighted by Crippen LogP contribution is 2.47. The quantitative estimate of drug-likeness (QED) is 0.615. The van der Waals surface area contributed by atoms with E-state index in [2.05, 4.69) is 26.2 Å². The van der Waals surface area contributed by atoms with Gasteiger partial charge < -0.3 is 5.32 Å². The topological polar surface area (TPSA) is 84.0 Å². The lowest BCUT2D eigenvalue weighted by Crippen LogP contribution is -2.37. The number of H-pyrrole nitrogens is 1. The van der Waals surface area contributed by atoms with Gasteiger partial charge in [-0.1, -0.05) is 52.3 Å². The van der Waals surface area contributed by atoms with Crippen LogP contribution in [0.2, 0.25) is 0 Å². The summed E-state index contributed by atoms with van der Waals surface area (Å²) < 4.78 is 2.27. The van der Waals surface area contributed by atoms with Gasteiger partial charge >= 0.3 is 5.69 Å². The summed E-state index contributed by atoms with van der Waals surface area (Å²) in [6.07, 6.45) is 0. The number of aromatic amines is 1. The Hall–Kier alpha value is -3.19. The summed E-state index contributed by atoms with van der Waals surface area (Å²) >= 11 is 3.42. The number of benzene rings is 2. The minimum absolute atomic E-state index is 0.107. The first-order valence-electron chi connectivity index (χ1n) is 8.71. The molecule has 3 aromatic rings. The molecule has 5 rings (SSSR count). The third kappa shape index (κ3) is 2.23. The number of carbonyl (C=O) groups excluding carboxylic acids is 1. The van der Waals surface area contributed by atoms with Crippen molar-refractivity contribution in [3.05, 3.63) is 102 Å². The fraction of sp³-hybridized carbons (Fsp3) is 0.0952. The van der Waals surface area contributed by atoms with Crippen LogP contribution < -0.4 is 16.6 Å². The minimum Gasteiger partial charge on any atom is -0.340 e. The van der Waals surface area contributed by atoms with Gasteiger partial charge in [0.25, 0.3) is 5.56 Å². The maximum atomic E-state index is 13.3. The predicted octanol–water partition coefficient (Wildman–Crippen LogP) is 3.00. The van der Waals surface area contributed by atoms with Crippen LogP contribution >= 0.6 is 15.9 Å². The van der Waals surface area contributed by atoms with E-state index in [0.717, 1.165) is 15.6 Å². The summed E-state index contributed by atoms with van der Waals surface area (Å²) in [6.45, 7) is 0. The second-order valence-corrected chi connectivity index (χ2v) is 7.77. The van der Waals surface area contributed by atoms with Gasteiger partial charge in [0.1, 0.15) is 5.82 Å². The Morgan fingerprint density at radius 1 is 0.964 bits per heavy atom. The molecule has 2 N–H and O–H groups in total. The van der Waals surface area contributed by atoms with Gasteiger partial charge in [-0.2, -0.15) is 0 Å². The van der Waals surface area contributed by atoms with E-state index in [1.165, 1.54) is 4.57 Å². The van der Waals surface area contributed by atoms with Gasteiger partial charge in [0.15, 0.2) is 5.78 Å². The number of hydrogen-bond acceptors (Lipinski definition) is 4. The second kappa shape index (κ2) is 5.90. The third-order valence-corrected chi connectivity index (χ3v) is 5.87. The van der Waals surface area contributed by atoms with E-state index in [9.17, 15) is 14.4 Å². The minimum atomic E-state index is -0.574. The smallest absolute Gasteiger partial charge is 0.329 e. The van der Waals surface area contributed by atoms with Crippen LogP contribution in [0.25, 0.3) is 5.70 Å². The fourth-order valence-corrected chi connectivity index (χ4v) is 4.29. The van der Waals surface area contributed by atoms with Crippen molar-refractivity contribution >= 4 is 33.2 Å². The van der Waals surface area contributed by atoms with Crippen molar-refractivity contribution in [2.24, 2.45) is 7.05 Å². The van der Waals surface area contributed by atoms with Gasteiger partial charge in [-0.15, -0.1) is 0 Å². The lowest BCUT2D eigenvalue weighted by molar-refractivity contribution is 0.103. The van der Waals surface area contributed by atoms with Crippen LogP contribution in [0.5, 0.6) is 0 Å². The third-order valence-electron chi connectivity index (χ3n) is 5.34. The predicted molar refractivity (Wildman–Crippen MR) is 110 cm³/mol. The zero-order valence-corrected chi connectivity index (χ0v) is 16.3. The molecule has 2 aliphatic rings. The van der Waals surface area contributed by atoms with Crippen molar-refractivity contribution in [2.45, 2.75) is 5.92 Å². The molecule has 1 aliphatic heterocycles. The summed E-state index contributed by atoms with van der Waals surface area (Å²) in [6, 6.07) is 14.9. The van der Waals surface area contributed by atoms with Gasteiger partial charge in [-0.25, -0.2) is 4.79 Å². The largest absolute Gasteiger partial charge is 0.340 e. The molecule has 0 saturated heterocycles. The van der Waals surface area contributed by atoms with Gasteiger partial charge in [0, 0.05) is 34.1 Å². The van der Waals surface area contributed by atoms with Gasteiger partial charge in [0.05, 0.1) is 11.3 Å². The number of aromatic nitrogens is 2. The molecule has 0 bridgehead atoms. The Balaban J connectivity index is 1.87. The molecule has 7 heteroatoms. The molecule has 1 atom stereocenters. The Morgan fingerprint density at radius 3 is 2.36 bits per heavy atom. The van der Waals surface area contributed by atoms with Crippen LogP contribution in [0.3, 0.4) is 0 Å². The highest BCUT2D eigenvalue weighted by atomic mass is 79.9. The van der Waals surface area contributed by atoms with Gasteiger partial charge in [0.2, 0.25) is 0 Å². The number of hydrogen-bond donors (Lipinski definition) is 2. The molecule has 138 valence electrons. The Morgan fingerprint density at radius 2 is 1.64 bits per heavy atom. The number of anilines is 1. The Kier molecular flexibility index (Phi) is 3.57. The van der Waals surface area contributed by atoms with E-state index in [4.69, 9.17) is 0 Å². The highest BCUT2D eigenvalue weighted by molar-refractivity contribution is 9.10. The molecule has 0 fully saturated rings. The standard InChI is InChI=1S/C21H14BrN3O3/c1-25-19-16(20(27)24-21(25)28)14(10-6-8-11(22)9-7-10)15-17(23-19)12-4-2-3-5-13(12)18(15)26/h2-9,14,23H,1H3,(H,24,27,28)/t14-/m1/s1. The number of fused-ring (bicyclic) bond motifs is 3. The van der Waals surface area contributed by atoms with Crippen LogP contribution in [0.15, 0.2) is 68.2 Å². The molecule has 0 unspecified atom stereocenters. The zero-order valence-electron chi connectivity index (χ0n) is 14.7. The molecule has 1 aromatic heterocycles. The SMILES string of the molecule is Cn1c2c(c(=O)[nH]c1=O)[C@H](c1ccc(Br)cc1)C1=C(N2)c2ccccc2C1=O. The molecule has 0 amide bonds. The van der Waals surface area contributed by atoms with Crippen molar-refractivity contribution in [3.63, 3.8) is 0 Å². The molecular formula is C21H14BrN3O3. The first-order valence-corrected chi connectivity index (χ1v) is 9.50. The van der Waals surface area contributed by atoms with E-state index in [1.54, 1.807) is 13.1 Å². The number of halogens is 1. The van der Waals surface area contributed by atoms with E-state index in [-0.39, 0.29) is 5.78 Å². The maximum Gasteiger partial charge on any atom is 0.329 e. The van der Waals surface area contributed by atoms with Gasteiger partial charge in [-0.05, 0) is 17.7 Å². The van der Waals surface area contributed by atoms with E-state index < -0.39 is 17.2 Å². The highest BCUT2D eigenvalue weighted by Gasteiger charge is 2.42. The number of carbonyl (C=O) groups is 1. The van der Waals surface area contributed by atoms with Crippen molar-refractivity contribution in [1.29, 1.82) is 0 Å². The van der Waals surface area contributed by atoms with E-state index >= 15 is 0 Å². The summed E-state index contributed by atoms with van der Waals surface area (Å²) in [7, 11) is 1.59. The molecule has 6 nitrogen and oxygen atoms in total. The van der Waals surface area contributed by atoms with Crippen LogP contribution in [0.1, 0.15) is 33.0 Å². The van der Waals surface area contributed by atoms with Crippen LogP contribution in [-0.2, 0) is 7.05 Å². The van der Waals surface area contributed by atoms with Crippen molar-refractivity contribution in [1.82, 2.24) is 9.55 Å². The lowest BCUT2D eigenvalue weighted by atomic mass is 9.81. The van der Waals surface area contributed by atoms with E-state index in [1.807, 2.05) is 42.5 Å². The average molecular weight is 436 g/mol. The van der Waals surface area contributed by atoms with Crippen molar-refractivity contribution < 1.29 is 4.79 Å². The number of Topliss-reactive ketones (excluding diaryl/α,β-unsaturated/α-hetero) is 1. The zero-order chi connectivity index (χ0) is 19.6. The van der Waals surface area contributed by atoms with E-state index in [0.29, 0.717) is 28.2 Å². The summed E-state index contributed by atoms with van der Waals surface area (Å²) in [5.74, 6) is -0.273. The van der Waals surface area contributed by atoms with Crippen LogP contribution in [0, 0.1) is 0 Å². The normalized spacial score (nSPS) is 17.1. The molecule has 2 heterocycles. The average Bonchev–Trinajstić information content (AvgIpc) is 2.98. The summed E-state index contributed by atoms with van der Waals surface area (Å²) in [4.78, 5) is 40.6. The molecule has 0 saturated carbocycles. The van der Waals surface area contributed by atoms with Crippen molar-refractivity contribution in [2.75, 3.05) is 5.32 Å². The maximum absolute atomic E-state index is 13.3. The number of nitrogens with one attached hydrogen (secondary N) is 2. The molecular weight excluding hydrogens is 422 g/mol. The second-order valence-electron chi connectivity index (χ2n) is 6.85. The lowest BCUT2D eigenvalue weighted by Gasteiger charge is -2.29.